The summed E-state index contributed by atoms with van der Waals surface area (Å²) in [6.45, 7) is 6.16. The van der Waals surface area contributed by atoms with Crippen LogP contribution in [0.15, 0.2) is 41.1 Å². The van der Waals surface area contributed by atoms with Gasteiger partial charge in [-0.2, -0.15) is 0 Å². The van der Waals surface area contributed by atoms with Gasteiger partial charge in [0.05, 0.1) is 17.1 Å². The van der Waals surface area contributed by atoms with E-state index in [0.717, 1.165) is 48.0 Å². The Balaban J connectivity index is 1.57. The van der Waals surface area contributed by atoms with Gasteiger partial charge < -0.3 is 9.84 Å². The van der Waals surface area contributed by atoms with Crippen molar-refractivity contribution in [3.63, 3.8) is 0 Å². The highest BCUT2D eigenvalue weighted by atomic mass is 16.5. The van der Waals surface area contributed by atoms with Crippen molar-refractivity contribution in [3.05, 3.63) is 42.3 Å². The minimum atomic E-state index is 0.283. The molecule has 0 spiro atoms. The van der Waals surface area contributed by atoms with E-state index < -0.39 is 0 Å². The largest absolute Gasteiger partial charge is 0.360 e. The van der Waals surface area contributed by atoms with Crippen molar-refractivity contribution in [2.75, 3.05) is 25.5 Å². The molecular weight excluding hydrogens is 352 g/mol. The van der Waals surface area contributed by atoms with Gasteiger partial charge in [-0.15, -0.1) is 0 Å². The van der Waals surface area contributed by atoms with Gasteiger partial charge in [-0.05, 0) is 24.1 Å². The molecule has 4 heterocycles. The lowest BCUT2D eigenvalue weighted by atomic mass is 10.1. The number of anilines is 1. The Hall–Kier alpha value is -3.09. The van der Waals surface area contributed by atoms with Crippen LogP contribution >= 0.6 is 0 Å². The van der Waals surface area contributed by atoms with Gasteiger partial charge >= 0.3 is 0 Å². The molecule has 0 radical (unpaired) electrons. The molecule has 0 aliphatic carbocycles. The molecule has 1 aliphatic rings. The van der Waals surface area contributed by atoms with Gasteiger partial charge in [-0.1, -0.05) is 25.1 Å². The summed E-state index contributed by atoms with van der Waals surface area (Å²) in [5.74, 6) is 2.30. The van der Waals surface area contributed by atoms with Crippen LogP contribution in [0.1, 0.15) is 31.9 Å². The average molecular weight is 377 g/mol. The zero-order valence-electron chi connectivity index (χ0n) is 16.5. The summed E-state index contributed by atoms with van der Waals surface area (Å²) in [5.41, 5.74) is 3.07. The van der Waals surface area contributed by atoms with Crippen LogP contribution in [0.2, 0.25) is 0 Å². The molecule has 1 atom stereocenters. The summed E-state index contributed by atoms with van der Waals surface area (Å²) < 4.78 is 7.77. The average Bonchev–Trinajstić information content (AvgIpc) is 3.36. The number of hydrogen-bond donors (Lipinski definition) is 1. The van der Waals surface area contributed by atoms with Gasteiger partial charge in [0.1, 0.15) is 25.2 Å². The quantitative estimate of drug-likeness (QED) is 0.663. The van der Waals surface area contributed by atoms with Crippen LogP contribution in [-0.4, -0.2) is 51.0 Å². The van der Waals surface area contributed by atoms with Crippen molar-refractivity contribution >= 4 is 12.2 Å². The molecule has 0 saturated heterocycles. The van der Waals surface area contributed by atoms with Crippen LogP contribution in [-0.2, 0) is 0 Å². The molecule has 4 rings (SSSR count). The Kier molecular flexibility index (Phi) is 5.14. The van der Waals surface area contributed by atoms with E-state index in [4.69, 9.17) is 9.51 Å². The normalized spacial score (nSPS) is 16.4. The van der Waals surface area contributed by atoms with Crippen LogP contribution in [0.25, 0.3) is 22.8 Å². The lowest BCUT2D eigenvalue weighted by Crippen LogP contribution is -2.10. The molecule has 7 nitrogen and oxygen atoms in total. The molecule has 0 bridgehead atoms. The van der Waals surface area contributed by atoms with Gasteiger partial charge in [0.15, 0.2) is 12.0 Å². The minimum absolute atomic E-state index is 0.283. The zero-order chi connectivity index (χ0) is 19.5. The first kappa shape index (κ1) is 18.3. The van der Waals surface area contributed by atoms with Crippen molar-refractivity contribution in [1.29, 1.82) is 0 Å². The van der Waals surface area contributed by atoms with E-state index in [1.165, 1.54) is 0 Å². The SMILES string of the molecule is CC(C)CNc1nccc(-c2cccc(-c3cc(C4C=[N+](C)CC4)on3)n2)n1. The fraction of sp³-hybridized carbons (Fsp3) is 0.381. The fourth-order valence-corrected chi connectivity index (χ4v) is 3.20. The maximum Gasteiger partial charge on any atom is 0.223 e. The number of nitrogens with zero attached hydrogens (tertiary/aromatic N) is 5. The molecule has 28 heavy (non-hydrogen) atoms. The first-order chi connectivity index (χ1) is 13.6. The lowest BCUT2D eigenvalue weighted by Gasteiger charge is -2.08. The van der Waals surface area contributed by atoms with Crippen LogP contribution in [0.5, 0.6) is 0 Å². The highest BCUT2D eigenvalue weighted by molar-refractivity contribution is 5.66. The number of pyridine rings is 1. The molecular formula is C21H25N6O+. The van der Waals surface area contributed by atoms with Gasteiger partial charge in [0, 0.05) is 25.2 Å². The van der Waals surface area contributed by atoms with Crippen LogP contribution in [0.3, 0.4) is 0 Å². The molecule has 144 valence electrons. The molecule has 3 aromatic heterocycles. The van der Waals surface area contributed by atoms with Crippen LogP contribution < -0.4 is 5.32 Å². The summed E-state index contributed by atoms with van der Waals surface area (Å²) in [7, 11) is 2.08. The van der Waals surface area contributed by atoms with Gasteiger partial charge in [-0.25, -0.2) is 19.5 Å². The molecule has 0 amide bonds. The lowest BCUT2D eigenvalue weighted by molar-refractivity contribution is -0.484. The summed E-state index contributed by atoms with van der Waals surface area (Å²) in [4.78, 5) is 13.6. The molecule has 1 N–H and O–H groups in total. The van der Waals surface area contributed by atoms with E-state index >= 15 is 0 Å². The highest BCUT2D eigenvalue weighted by Gasteiger charge is 2.25. The van der Waals surface area contributed by atoms with E-state index in [-0.39, 0.29) is 5.92 Å². The summed E-state index contributed by atoms with van der Waals surface area (Å²) in [6.07, 6.45) is 4.98. The number of nitrogens with one attached hydrogen (secondary N) is 1. The summed E-state index contributed by atoms with van der Waals surface area (Å²) in [6, 6.07) is 9.70. The Morgan fingerprint density at radius 2 is 1.93 bits per heavy atom. The van der Waals surface area contributed by atoms with Crippen molar-refractivity contribution in [1.82, 2.24) is 20.1 Å². The van der Waals surface area contributed by atoms with E-state index in [9.17, 15) is 0 Å². The third kappa shape index (κ3) is 4.08. The predicted molar refractivity (Wildman–Crippen MR) is 109 cm³/mol. The molecule has 7 heteroatoms. The number of rotatable bonds is 6. The van der Waals surface area contributed by atoms with E-state index in [2.05, 4.69) is 52.1 Å². The van der Waals surface area contributed by atoms with E-state index in [0.29, 0.717) is 11.9 Å². The zero-order valence-corrected chi connectivity index (χ0v) is 16.5. The Bertz CT molecular complexity index is 994. The minimum Gasteiger partial charge on any atom is -0.360 e. The van der Waals surface area contributed by atoms with E-state index in [1.807, 2.05) is 30.3 Å². The van der Waals surface area contributed by atoms with Crippen molar-refractivity contribution in [3.8, 4) is 22.8 Å². The molecule has 0 fully saturated rings. The monoisotopic (exact) mass is 377 g/mol. The van der Waals surface area contributed by atoms with Gasteiger partial charge in [0.25, 0.3) is 0 Å². The third-order valence-electron chi connectivity index (χ3n) is 4.72. The maximum atomic E-state index is 5.59. The molecule has 1 aliphatic heterocycles. The van der Waals surface area contributed by atoms with Crippen molar-refractivity contribution in [2.45, 2.75) is 26.2 Å². The standard InChI is InChI=1S/C21H25N6O/c1-14(2)12-23-21-22-9-7-18(25-21)16-5-4-6-17(24-16)19-11-20(28-26-19)15-8-10-27(3)13-15/h4-7,9,11,13-15H,8,10,12H2,1-3H3,(H,22,23,25)/q+1. The van der Waals surface area contributed by atoms with E-state index in [1.54, 1.807) is 6.20 Å². The second kappa shape index (κ2) is 7.88. The van der Waals surface area contributed by atoms with Crippen molar-refractivity contribution < 1.29 is 9.10 Å². The Morgan fingerprint density at radius 3 is 2.68 bits per heavy atom. The molecule has 0 aromatic carbocycles. The van der Waals surface area contributed by atoms with Gasteiger partial charge in [-0.3, -0.25) is 0 Å². The molecule has 1 unspecified atom stereocenters. The number of hydrogen-bond acceptors (Lipinski definition) is 6. The summed E-state index contributed by atoms with van der Waals surface area (Å²) >= 11 is 0. The van der Waals surface area contributed by atoms with Crippen molar-refractivity contribution in [2.24, 2.45) is 5.92 Å². The topological polar surface area (TPSA) is 79.7 Å². The second-order valence-corrected chi connectivity index (χ2v) is 7.59. The maximum absolute atomic E-state index is 5.59. The highest BCUT2D eigenvalue weighted by Crippen LogP contribution is 2.27. The third-order valence-corrected chi connectivity index (χ3v) is 4.72. The Labute approximate surface area is 164 Å². The molecule has 3 aromatic rings. The predicted octanol–water partition coefficient (Wildman–Crippen LogP) is 3.46. The second-order valence-electron chi connectivity index (χ2n) is 7.59. The summed E-state index contributed by atoms with van der Waals surface area (Å²) in [5, 5.41) is 7.49. The number of aromatic nitrogens is 4. The molecule has 0 saturated carbocycles. The smallest absolute Gasteiger partial charge is 0.223 e. The fourth-order valence-electron chi connectivity index (χ4n) is 3.20. The first-order valence-corrected chi connectivity index (χ1v) is 9.65. The van der Waals surface area contributed by atoms with Gasteiger partial charge in [0.2, 0.25) is 5.95 Å². The Morgan fingerprint density at radius 1 is 1.14 bits per heavy atom. The van der Waals surface area contributed by atoms with Crippen LogP contribution in [0, 0.1) is 5.92 Å². The van der Waals surface area contributed by atoms with Crippen LogP contribution in [0.4, 0.5) is 5.95 Å². The first-order valence-electron chi connectivity index (χ1n) is 9.65.